The number of benzene rings is 1. The molecule has 0 aliphatic carbocycles. The molecule has 1 aromatic carbocycles. The first-order valence-electron chi connectivity index (χ1n) is 4.94. The van der Waals surface area contributed by atoms with Crippen molar-refractivity contribution in [3.63, 3.8) is 0 Å². The Labute approximate surface area is 84.6 Å². The molecule has 0 saturated heterocycles. The molecule has 0 aromatic heterocycles. The summed E-state index contributed by atoms with van der Waals surface area (Å²) in [6, 6.07) is 7.35. The van der Waals surface area contributed by atoms with Crippen LogP contribution in [0.25, 0.3) is 0 Å². The molecule has 1 aromatic rings. The van der Waals surface area contributed by atoms with E-state index in [2.05, 4.69) is 0 Å². The van der Waals surface area contributed by atoms with Gasteiger partial charge in [0.25, 0.3) is 0 Å². The summed E-state index contributed by atoms with van der Waals surface area (Å²) in [4.78, 5) is 11.7. The first kappa shape index (κ1) is 10.9. The van der Waals surface area contributed by atoms with Crippen molar-refractivity contribution < 1.29 is 9.90 Å². The molecule has 0 saturated carbocycles. The van der Waals surface area contributed by atoms with Crippen LogP contribution in [0.3, 0.4) is 0 Å². The molecule has 76 valence electrons. The van der Waals surface area contributed by atoms with Crippen LogP contribution in [0.5, 0.6) is 0 Å². The van der Waals surface area contributed by atoms with Crippen molar-refractivity contribution in [2.75, 3.05) is 0 Å². The first-order chi connectivity index (χ1) is 6.66. The van der Waals surface area contributed by atoms with Gasteiger partial charge in [0.05, 0.1) is 0 Å². The van der Waals surface area contributed by atoms with Crippen molar-refractivity contribution in [2.45, 2.75) is 32.8 Å². The summed E-state index contributed by atoms with van der Waals surface area (Å²) < 4.78 is 0. The highest BCUT2D eigenvalue weighted by atomic mass is 16.3. The summed E-state index contributed by atoms with van der Waals surface area (Å²) >= 11 is 0. The van der Waals surface area contributed by atoms with Gasteiger partial charge in [-0.2, -0.15) is 0 Å². The number of rotatable bonds is 4. The van der Waals surface area contributed by atoms with E-state index in [0.717, 1.165) is 12.0 Å². The molecule has 2 nitrogen and oxygen atoms in total. The molecule has 0 heterocycles. The lowest BCUT2D eigenvalue weighted by atomic mass is 9.99. The third-order valence-corrected chi connectivity index (χ3v) is 2.28. The highest BCUT2D eigenvalue weighted by molar-refractivity contribution is 6.00. The molecule has 0 fully saturated rings. The van der Waals surface area contributed by atoms with E-state index in [-0.39, 0.29) is 5.78 Å². The maximum atomic E-state index is 11.7. The Balaban J connectivity index is 2.84. The van der Waals surface area contributed by atoms with E-state index in [4.69, 9.17) is 0 Å². The number of Topliss-reactive ketones (excluding diaryl/α,β-unsaturated/α-hetero) is 1. The molecule has 0 radical (unpaired) electrons. The van der Waals surface area contributed by atoms with E-state index in [1.807, 2.05) is 32.0 Å². The Morgan fingerprint density at radius 3 is 2.64 bits per heavy atom. The van der Waals surface area contributed by atoms with Gasteiger partial charge in [0.1, 0.15) is 6.10 Å². The highest BCUT2D eigenvalue weighted by Gasteiger charge is 2.17. The molecule has 14 heavy (non-hydrogen) atoms. The number of carbonyl (C=O) groups is 1. The predicted molar refractivity (Wildman–Crippen MR) is 56.4 cm³/mol. The highest BCUT2D eigenvalue weighted by Crippen LogP contribution is 2.12. The maximum Gasteiger partial charge on any atom is 0.191 e. The summed E-state index contributed by atoms with van der Waals surface area (Å²) in [6.07, 6.45) is 0.507. The van der Waals surface area contributed by atoms with Crippen molar-refractivity contribution in [1.29, 1.82) is 0 Å². The second-order valence-corrected chi connectivity index (χ2v) is 3.48. The van der Waals surface area contributed by atoms with Crippen molar-refractivity contribution in [3.8, 4) is 0 Å². The van der Waals surface area contributed by atoms with E-state index < -0.39 is 6.10 Å². The Morgan fingerprint density at radius 2 is 2.07 bits per heavy atom. The van der Waals surface area contributed by atoms with Crippen LogP contribution >= 0.6 is 0 Å². The number of hydrogen-bond donors (Lipinski definition) is 1. The lowest BCUT2D eigenvalue weighted by Crippen LogP contribution is -2.20. The molecule has 0 spiro atoms. The minimum Gasteiger partial charge on any atom is -0.385 e. The number of carbonyl (C=O) groups excluding carboxylic acids is 1. The van der Waals surface area contributed by atoms with Gasteiger partial charge in [-0.05, 0) is 18.9 Å². The molecule has 0 aliphatic heterocycles. The minimum atomic E-state index is -0.846. The standard InChI is InChI=1S/C12H16O2/c1-3-6-11(13)12(14)10-8-5-4-7-9(10)2/h4-5,7-8,11,13H,3,6H2,1-2H3. The fraction of sp³-hybridized carbons (Fsp3) is 0.417. The van der Waals surface area contributed by atoms with Crippen molar-refractivity contribution in [3.05, 3.63) is 35.4 Å². The largest absolute Gasteiger partial charge is 0.385 e. The van der Waals surface area contributed by atoms with Gasteiger partial charge in [0.2, 0.25) is 0 Å². The van der Waals surface area contributed by atoms with Gasteiger partial charge in [-0.25, -0.2) is 0 Å². The number of aliphatic hydroxyl groups is 1. The van der Waals surface area contributed by atoms with Gasteiger partial charge in [-0.15, -0.1) is 0 Å². The van der Waals surface area contributed by atoms with Crippen LogP contribution in [0.1, 0.15) is 35.7 Å². The third-order valence-electron chi connectivity index (χ3n) is 2.28. The Hall–Kier alpha value is -1.15. The molecule has 2 heteroatoms. The molecular formula is C12H16O2. The summed E-state index contributed by atoms with van der Waals surface area (Å²) in [6.45, 7) is 3.83. The van der Waals surface area contributed by atoms with Crippen LogP contribution in [0.2, 0.25) is 0 Å². The molecule has 0 aliphatic rings. The second kappa shape index (κ2) is 4.91. The summed E-state index contributed by atoms with van der Waals surface area (Å²) in [5.41, 5.74) is 1.56. The third kappa shape index (κ3) is 2.42. The zero-order chi connectivity index (χ0) is 10.6. The van der Waals surface area contributed by atoms with Gasteiger partial charge in [0, 0.05) is 5.56 Å². The molecule has 1 rings (SSSR count). The van der Waals surface area contributed by atoms with Crippen LogP contribution in [0.15, 0.2) is 24.3 Å². The van der Waals surface area contributed by atoms with Crippen molar-refractivity contribution in [1.82, 2.24) is 0 Å². The molecule has 1 N–H and O–H groups in total. The van der Waals surface area contributed by atoms with Gasteiger partial charge in [-0.1, -0.05) is 37.6 Å². The quantitative estimate of drug-likeness (QED) is 0.743. The Bertz CT molecular complexity index is 318. The predicted octanol–water partition coefficient (Wildman–Crippen LogP) is 2.34. The smallest absolute Gasteiger partial charge is 0.191 e. The van der Waals surface area contributed by atoms with E-state index in [1.54, 1.807) is 6.07 Å². The van der Waals surface area contributed by atoms with E-state index in [0.29, 0.717) is 12.0 Å². The zero-order valence-electron chi connectivity index (χ0n) is 8.66. The average molecular weight is 192 g/mol. The molecule has 1 atom stereocenters. The van der Waals surface area contributed by atoms with E-state index in [1.165, 1.54) is 0 Å². The maximum absolute atomic E-state index is 11.7. The summed E-state index contributed by atoms with van der Waals surface area (Å²) in [7, 11) is 0. The number of aliphatic hydroxyl groups excluding tert-OH is 1. The first-order valence-corrected chi connectivity index (χ1v) is 4.94. The van der Waals surface area contributed by atoms with Gasteiger partial charge in [0.15, 0.2) is 5.78 Å². The van der Waals surface area contributed by atoms with Gasteiger partial charge in [-0.3, -0.25) is 4.79 Å². The lowest BCUT2D eigenvalue weighted by Gasteiger charge is -2.09. The zero-order valence-corrected chi connectivity index (χ0v) is 8.66. The van der Waals surface area contributed by atoms with Crippen LogP contribution in [-0.2, 0) is 0 Å². The number of hydrogen-bond acceptors (Lipinski definition) is 2. The van der Waals surface area contributed by atoms with E-state index >= 15 is 0 Å². The average Bonchev–Trinajstić information content (AvgIpc) is 2.18. The molecule has 1 unspecified atom stereocenters. The summed E-state index contributed by atoms with van der Waals surface area (Å²) in [5.74, 6) is -0.162. The normalized spacial score (nSPS) is 12.5. The summed E-state index contributed by atoms with van der Waals surface area (Å²) in [5, 5.41) is 9.55. The van der Waals surface area contributed by atoms with Crippen LogP contribution < -0.4 is 0 Å². The molecule has 0 bridgehead atoms. The Kier molecular flexibility index (Phi) is 3.84. The molecular weight excluding hydrogens is 176 g/mol. The van der Waals surface area contributed by atoms with Gasteiger partial charge < -0.3 is 5.11 Å². The van der Waals surface area contributed by atoms with Crippen molar-refractivity contribution >= 4 is 5.78 Å². The van der Waals surface area contributed by atoms with Crippen molar-refractivity contribution in [2.24, 2.45) is 0 Å². The fourth-order valence-corrected chi connectivity index (χ4v) is 1.43. The van der Waals surface area contributed by atoms with E-state index in [9.17, 15) is 9.90 Å². The Morgan fingerprint density at radius 1 is 1.43 bits per heavy atom. The molecule has 0 amide bonds. The van der Waals surface area contributed by atoms with Crippen LogP contribution in [0, 0.1) is 6.92 Å². The fourth-order valence-electron chi connectivity index (χ4n) is 1.43. The van der Waals surface area contributed by atoms with Crippen LogP contribution in [-0.4, -0.2) is 17.0 Å². The SMILES string of the molecule is CCCC(O)C(=O)c1ccccc1C. The lowest BCUT2D eigenvalue weighted by molar-refractivity contribution is 0.0728. The number of ketones is 1. The number of aryl methyl sites for hydroxylation is 1. The monoisotopic (exact) mass is 192 g/mol. The topological polar surface area (TPSA) is 37.3 Å². The van der Waals surface area contributed by atoms with Crippen LogP contribution in [0.4, 0.5) is 0 Å². The minimum absolute atomic E-state index is 0.162. The van der Waals surface area contributed by atoms with Gasteiger partial charge >= 0.3 is 0 Å². The second-order valence-electron chi connectivity index (χ2n) is 3.48.